The molecular weight excluding hydrogens is 482 g/mol. The third-order valence-electron chi connectivity index (χ3n) is 7.53. The Kier molecular flexibility index (Phi) is 5.83. The lowest BCUT2D eigenvalue weighted by Gasteiger charge is -2.35. The minimum atomic E-state index is -0.872. The number of esters is 1. The Morgan fingerprint density at radius 3 is 2.86 bits per heavy atom. The number of amides is 2. The Morgan fingerprint density at radius 2 is 2.00 bits per heavy atom. The predicted molar refractivity (Wildman–Crippen MR) is 131 cm³/mol. The molecule has 1 aromatic heterocycles. The van der Waals surface area contributed by atoms with E-state index >= 15 is 0 Å². The van der Waals surface area contributed by atoms with Crippen LogP contribution in [0.5, 0.6) is 0 Å². The molecule has 1 N–H and O–H groups in total. The van der Waals surface area contributed by atoms with E-state index in [1.807, 2.05) is 48.6 Å². The Bertz CT molecular complexity index is 1280. The average Bonchev–Trinajstić information content (AvgIpc) is 3.42. The van der Waals surface area contributed by atoms with E-state index in [4.69, 9.17) is 4.74 Å². The van der Waals surface area contributed by atoms with Crippen LogP contribution in [-0.4, -0.2) is 90.0 Å². The molecule has 0 bridgehead atoms. The van der Waals surface area contributed by atoms with Crippen molar-refractivity contribution < 1.29 is 24.2 Å². The molecule has 188 valence electrons. The van der Waals surface area contributed by atoms with Crippen molar-refractivity contribution in [2.75, 3.05) is 26.3 Å². The van der Waals surface area contributed by atoms with Crippen molar-refractivity contribution in [1.82, 2.24) is 24.8 Å². The fraction of sp³-hybridized carbons (Fsp3) is 0.480. The predicted octanol–water partition coefficient (Wildman–Crippen LogP) is 0.970. The highest BCUT2D eigenvalue weighted by atomic mass is 32.2. The molecule has 1 aromatic carbocycles. The summed E-state index contributed by atoms with van der Waals surface area (Å²) in [5, 5.41) is 17.5. The Labute approximate surface area is 211 Å². The molecule has 4 aliphatic heterocycles. The molecule has 11 heteroatoms. The maximum atomic E-state index is 14.2. The van der Waals surface area contributed by atoms with Gasteiger partial charge in [0.25, 0.3) is 0 Å². The number of rotatable bonds is 6. The molecule has 0 saturated carbocycles. The van der Waals surface area contributed by atoms with Crippen molar-refractivity contribution in [3.05, 3.63) is 48.6 Å². The zero-order valence-electron chi connectivity index (χ0n) is 19.6. The first kappa shape index (κ1) is 23.2. The maximum Gasteiger partial charge on any atom is 0.311 e. The van der Waals surface area contributed by atoms with Crippen LogP contribution in [0.2, 0.25) is 0 Å². The Hall–Kier alpha value is -3.18. The minimum absolute atomic E-state index is 0.0111. The van der Waals surface area contributed by atoms with Gasteiger partial charge in [-0.1, -0.05) is 41.7 Å². The van der Waals surface area contributed by atoms with Gasteiger partial charge >= 0.3 is 5.97 Å². The summed E-state index contributed by atoms with van der Waals surface area (Å²) in [5.74, 6) is -2.10. The number of likely N-dealkylation sites (tertiary alicyclic amines) is 1. The van der Waals surface area contributed by atoms with Crippen molar-refractivity contribution in [3.8, 4) is 0 Å². The molecule has 1 unspecified atom stereocenters. The van der Waals surface area contributed by atoms with Crippen LogP contribution >= 0.6 is 11.8 Å². The van der Waals surface area contributed by atoms with Gasteiger partial charge in [-0.05, 0) is 25.0 Å². The fourth-order valence-corrected chi connectivity index (χ4v) is 7.96. The largest absolute Gasteiger partial charge is 0.461 e. The van der Waals surface area contributed by atoms with E-state index in [0.717, 1.165) is 11.0 Å². The third-order valence-corrected chi connectivity index (χ3v) is 9.27. The number of cyclic esters (lactones) is 1. The molecule has 10 nitrogen and oxygen atoms in total. The SMILES string of the molecule is O=C1OCC=C[C@@H]2S[C@]34C=CCN(Cn5nnc6ccccc65)C(=O)C3N(CCCCO)C(=O)[C@@H]4[C@H]12. The van der Waals surface area contributed by atoms with Crippen LogP contribution in [0.25, 0.3) is 11.0 Å². The standard InChI is InChI=1S/C25H27N5O5S/c31-13-4-3-12-29-21-23(33)28(15-30-17-8-2-1-7-16(17)26-27-30)11-6-10-25(21)20(22(29)32)19-18(36-25)9-5-14-35-24(19)34/h1-2,5-10,18-21,31H,3-4,11-15H2/t18-,19+,20-,21?,25-/m0/s1. The molecule has 36 heavy (non-hydrogen) atoms. The van der Waals surface area contributed by atoms with E-state index in [0.29, 0.717) is 25.9 Å². The second-order valence-electron chi connectivity index (χ2n) is 9.54. The number of aromatic nitrogens is 3. The number of hydrogen-bond acceptors (Lipinski definition) is 8. The first-order chi connectivity index (χ1) is 17.5. The van der Waals surface area contributed by atoms with Gasteiger partial charge in [-0.3, -0.25) is 14.4 Å². The van der Waals surface area contributed by atoms with E-state index in [2.05, 4.69) is 10.3 Å². The number of para-hydroxylation sites is 1. The number of ether oxygens (including phenoxy) is 1. The smallest absolute Gasteiger partial charge is 0.311 e. The first-order valence-corrected chi connectivity index (χ1v) is 13.1. The topological polar surface area (TPSA) is 118 Å². The number of nitrogens with zero attached hydrogens (tertiary/aromatic N) is 5. The number of carbonyl (C=O) groups is 3. The van der Waals surface area contributed by atoms with E-state index in [1.54, 1.807) is 14.5 Å². The number of aliphatic hydroxyl groups is 1. The summed E-state index contributed by atoms with van der Waals surface area (Å²) in [5.41, 5.74) is 1.56. The van der Waals surface area contributed by atoms with Crippen molar-refractivity contribution in [2.45, 2.75) is 35.5 Å². The van der Waals surface area contributed by atoms with Crippen molar-refractivity contribution in [1.29, 1.82) is 0 Å². The third kappa shape index (κ3) is 3.47. The number of fused-ring (bicyclic) bond motifs is 3. The van der Waals surface area contributed by atoms with Gasteiger partial charge in [-0.25, -0.2) is 4.68 Å². The van der Waals surface area contributed by atoms with E-state index in [9.17, 15) is 19.5 Å². The molecule has 2 fully saturated rings. The number of thioether (sulfide) groups is 1. The molecule has 5 heterocycles. The van der Waals surface area contributed by atoms with Crippen LogP contribution in [-0.2, 0) is 25.8 Å². The van der Waals surface area contributed by atoms with Crippen molar-refractivity contribution in [3.63, 3.8) is 0 Å². The lowest BCUT2D eigenvalue weighted by Crippen LogP contribution is -2.53. The van der Waals surface area contributed by atoms with Gasteiger partial charge in [-0.2, -0.15) is 0 Å². The van der Waals surface area contributed by atoms with E-state index < -0.39 is 22.6 Å². The average molecular weight is 510 g/mol. The Morgan fingerprint density at radius 1 is 1.14 bits per heavy atom. The van der Waals surface area contributed by atoms with Gasteiger partial charge in [0.05, 0.1) is 22.1 Å². The molecule has 6 rings (SSSR count). The van der Waals surface area contributed by atoms with Gasteiger partial charge in [0.2, 0.25) is 11.8 Å². The summed E-state index contributed by atoms with van der Waals surface area (Å²) in [4.78, 5) is 44.4. The summed E-state index contributed by atoms with van der Waals surface area (Å²) < 4.78 is 6.21. The second-order valence-corrected chi connectivity index (χ2v) is 11.0. The zero-order valence-corrected chi connectivity index (χ0v) is 20.4. The van der Waals surface area contributed by atoms with Gasteiger partial charge in [-0.15, -0.1) is 16.9 Å². The van der Waals surface area contributed by atoms with Gasteiger partial charge in [0.1, 0.15) is 24.8 Å². The maximum absolute atomic E-state index is 14.2. The van der Waals surface area contributed by atoms with E-state index in [1.165, 1.54) is 11.8 Å². The number of hydrogen-bond donors (Lipinski definition) is 1. The van der Waals surface area contributed by atoms with E-state index in [-0.39, 0.29) is 42.9 Å². The summed E-state index contributed by atoms with van der Waals surface area (Å²) in [6.45, 7) is 1.09. The van der Waals surface area contributed by atoms with Crippen LogP contribution in [0, 0.1) is 11.8 Å². The first-order valence-electron chi connectivity index (χ1n) is 12.2. The van der Waals surface area contributed by atoms with Crippen molar-refractivity contribution in [2.24, 2.45) is 11.8 Å². The number of aliphatic hydroxyl groups excluding tert-OH is 1. The van der Waals surface area contributed by atoms with Crippen LogP contribution in [0.4, 0.5) is 0 Å². The van der Waals surface area contributed by atoms with Crippen LogP contribution in [0.1, 0.15) is 12.8 Å². The quantitative estimate of drug-likeness (QED) is 0.348. The molecule has 0 radical (unpaired) electrons. The molecule has 2 amide bonds. The van der Waals surface area contributed by atoms with Crippen LogP contribution < -0.4 is 0 Å². The second kappa shape index (κ2) is 9.04. The summed E-state index contributed by atoms with van der Waals surface area (Å²) >= 11 is 1.52. The highest BCUT2D eigenvalue weighted by molar-refractivity contribution is 8.02. The monoisotopic (exact) mass is 509 g/mol. The summed E-state index contributed by atoms with van der Waals surface area (Å²) in [6, 6.07) is 6.80. The molecule has 1 spiro atoms. The lowest BCUT2D eigenvalue weighted by atomic mass is 9.78. The number of carbonyl (C=O) groups excluding carboxylic acids is 3. The molecule has 2 saturated heterocycles. The zero-order chi connectivity index (χ0) is 24.9. The normalized spacial score (nSPS) is 31.3. The minimum Gasteiger partial charge on any atom is -0.461 e. The molecule has 4 aliphatic rings. The number of benzene rings is 1. The summed E-state index contributed by atoms with van der Waals surface area (Å²) in [7, 11) is 0. The van der Waals surface area contributed by atoms with Crippen LogP contribution in [0.3, 0.4) is 0 Å². The highest BCUT2D eigenvalue weighted by Gasteiger charge is 2.71. The Balaban J connectivity index is 1.38. The fourth-order valence-electron chi connectivity index (χ4n) is 5.96. The van der Waals surface area contributed by atoms with Gasteiger partial charge in [0.15, 0.2) is 0 Å². The molecular formula is C25H27N5O5S. The molecule has 2 aromatic rings. The molecule has 0 aliphatic carbocycles. The van der Waals surface area contributed by atoms with Gasteiger partial charge < -0.3 is 19.6 Å². The number of unbranched alkanes of at least 4 members (excludes halogenated alkanes) is 1. The molecule has 5 atom stereocenters. The van der Waals surface area contributed by atoms with Crippen molar-refractivity contribution >= 4 is 40.6 Å². The van der Waals surface area contributed by atoms with Crippen LogP contribution in [0.15, 0.2) is 48.6 Å². The lowest BCUT2D eigenvalue weighted by molar-refractivity contribution is -0.151. The van der Waals surface area contributed by atoms with Gasteiger partial charge in [0, 0.05) is 24.9 Å². The summed E-state index contributed by atoms with van der Waals surface area (Å²) in [6.07, 6.45) is 8.75. The highest BCUT2D eigenvalue weighted by Crippen LogP contribution is 2.60.